The number of para-hydroxylation sites is 1. The Morgan fingerprint density at radius 3 is 2.37 bits per heavy atom. The number of nitrogens with one attached hydrogen (secondary N) is 1. The lowest BCUT2D eigenvalue weighted by Gasteiger charge is -2.37. The summed E-state index contributed by atoms with van der Waals surface area (Å²) in [6, 6.07) is 21.9. The molecule has 2 amide bonds. The van der Waals surface area contributed by atoms with E-state index in [1.807, 2.05) is 0 Å². The molecule has 0 saturated carbocycles. The minimum Gasteiger partial charge on any atom is -0.479 e. The van der Waals surface area contributed by atoms with Gasteiger partial charge in [-0.05, 0) is 48.2 Å². The van der Waals surface area contributed by atoms with Crippen LogP contribution in [0.25, 0.3) is 0 Å². The highest BCUT2D eigenvalue weighted by atomic mass is 35.5. The van der Waals surface area contributed by atoms with Gasteiger partial charge in [0, 0.05) is 39.2 Å². The number of anilines is 1. The smallest absolute Gasteiger partial charge is 0.330 e. The predicted molar refractivity (Wildman–Crippen MR) is 156 cm³/mol. The Morgan fingerprint density at radius 1 is 1.00 bits per heavy atom. The molecule has 1 fully saturated rings. The van der Waals surface area contributed by atoms with Gasteiger partial charge in [0.05, 0.1) is 16.9 Å². The average molecular weight is 590 g/mol. The van der Waals surface area contributed by atoms with Gasteiger partial charge in [-0.25, -0.2) is 9.59 Å². The highest BCUT2D eigenvalue weighted by Crippen LogP contribution is 2.57. The van der Waals surface area contributed by atoms with Gasteiger partial charge in [-0.3, -0.25) is 19.8 Å². The Kier molecular flexibility index (Phi) is 7.61. The second-order valence-electron chi connectivity index (χ2n) is 9.81. The van der Waals surface area contributed by atoms with Gasteiger partial charge in [-0.1, -0.05) is 60.1 Å². The van der Waals surface area contributed by atoms with Crippen LogP contribution >= 0.6 is 22.9 Å². The molecular formula is C30H24ClN3O6S. The van der Waals surface area contributed by atoms with Crippen LogP contribution in [-0.4, -0.2) is 38.3 Å². The first-order valence-corrected chi connectivity index (χ1v) is 13.8. The van der Waals surface area contributed by atoms with Gasteiger partial charge in [-0.15, -0.1) is 11.3 Å². The molecule has 0 bridgehead atoms. The van der Waals surface area contributed by atoms with Crippen LogP contribution in [0.3, 0.4) is 0 Å². The lowest BCUT2D eigenvalue weighted by atomic mass is 9.74. The van der Waals surface area contributed by atoms with Crippen LogP contribution in [0.5, 0.6) is 0 Å². The third kappa shape index (κ3) is 5.07. The molecule has 2 N–H and O–H groups in total. The number of rotatable bonds is 7. The summed E-state index contributed by atoms with van der Waals surface area (Å²) in [6.07, 6.45) is 0. The molecule has 5 rings (SSSR count). The van der Waals surface area contributed by atoms with Crippen LogP contribution in [-0.2, 0) is 4.79 Å². The van der Waals surface area contributed by atoms with Crippen molar-refractivity contribution in [2.45, 2.75) is 24.4 Å². The van der Waals surface area contributed by atoms with E-state index in [-0.39, 0.29) is 16.8 Å². The monoisotopic (exact) mass is 589 g/mol. The number of thiophene rings is 1. The van der Waals surface area contributed by atoms with Crippen LogP contribution in [0.2, 0.25) is 5.02 Å². The summed E-state index contributed by atoms with van der Waals surface area (Å²) in [7, 11) is 0. The Labute approximate surface area is 244 Å². The number of nitro groups is 1. The first kappa shape index (κ1) is 28.0. The quantitative estimate of drug-likeness (QED) is 0.135. The molecule has 4 unspecified atom stereocenters. The van der Waals surface area contributed by atoms with Crippen molar-refractivity contribution < 1.29 is 24.4 Å². The van der Waals surface area contributed by atoms with E-state index < -0.39 is 46.1 Å². The fraction of sp³-hybridized carbons (Fsp3) is 0.167. The van der Waals surface area contributed by atoms with E-state index in [4.69, 9.17) is 11.6 Å². The molecule has 4 atom stereocenters. The Hall–Kier alpha value is -4.54. The molecule has 1 aliphatic rings. The van der Waals surface area contributed by atoms with E-state index in [0.717, 1.165) is 4.90 Å². The van der Waals surface area contributed by atoms with Crippen molar-refractivity contribution in [3.8, 4) is 0 Å². The molecule has 208 valence electrons. The summed E-state index contributed by atoms with van der Waals surface area (Å²) < 4.78 is 0. The molecule has 4 aromatic rings. The summed E-state index contributed by atoms with van der Waals surface area (Å²) >= 11 is 7.50. The van der Waals surface area contributed by atoms with E-state index in [1.54, 1.807) is 72.1 Å². The molecule has 0 spiro atoms. The van der Waals surface area contributed by atoms with E-state index in [9.17, 15) is 29.6 Å². The van der Waals surface area contributed by atoms with Crippen molar-refractivity contribution in [3.63, 3.8) is 0 Å². The zero-order valence-electron chi connectivity index (χ0n) is 21.6. The van der Waals surface area contributed by atoms with Crippen molar-refractivity contribution in [2.24, 2.45) is 5.92 Å². The fourth-order valence-corrected chi connectivity index (χ4v) is 6.82. The number of carbonyl (C=O) groups is 3. The van der Waals surface area contributed by atoms with Crippen molar-refractivity contribution >= 4 is 52.1 Å². The van der Waals surface area contributed by atoms with E-state index in [0.29, 0.717) is 15.6 Å². The number of aliphatic carboxylic acids is 1. The van der Waals surface area contributed by atoms with Crippen molar-refractivity contribution in [2.75, 3.05) is 5.32 Å². The van der Waals surface area contributed by atoms with Crippen LogP contribution in [0.15, 0.2) is 96.4 Å². The normalized spacial score (nSPS) is 21.8. The number of Topliss-reactive ketones (excluding diaryl/α,β-unsaturated/α-hetero) is 1. The second-order valence-corrected chi connectivity index (χ2v) is 11.2. The van der Waals surface area contributed by atoms with Crippen LogP contribution in [0.4, 0.5) is 16.2 Å². The van der Waals surface area contributed by atoms with Gasteiger partial charge in [-0.2, -0.15) is 0 Å². The van der Waals surface area contributed by atoms with Gasteiger partial charge in [0.25, 0.3) is 5.69 Å². The summed E-state index contributed by atoms with van der Waals surface area (Å²) in [5, 5.41) is 27.4. The first-order valence-electron chi connectivity index (χ1n) is 12.6. The number of carboxylic acid groups (broad SMARTS) is 1. The number of nitrogens with zero attached hydrogens (tertiary/aromatic N) is 2. The van der Waals surface area contributed by atoms with Gasteiger partial charge in [0.1, 0.15) is 5.54 Å². The summed E-state index contributed by atoms with van der Waals surface area (Å²) in [4.78, 5) is 54.6. The van der Waals surface area contributed by atoms with E-state index in [1.165, 1.54) is 42.5 Å². The van der Waals surface area contributed by atoms with Crippen LogP contribution in [0.1, 0.15) is 39.7 Å². The number of amides is 2. The zero-order valence-corrected chi connectivity index (χ0v) is 23.2. The number of carbonyl (C=O) groups excluding carboxylic acids is 2. The molecule has 0 radical (unpaired) electrons. The highest BCUT2D eigenvalue weighted by molar-refractivity contribution is 7.10. The molecule has 11 heteroatoms. The van der Waals surface area contributed by atoms with Crippen molar-refractivity contribution in [3.05, 3.63) is 128 Å². The van der Waals surface area contributed by atoms with E-state index in [2.05, 4.69) is 5.32 Å². The second kappa shape index (κ2) is 11.1. The number of nitro benzene ring substituents is 1. The summed E-state index contributed by atoms with van der Waals surface area (Å²) in [6.45, 7) is 1.42. The maximum Gasteiger partial charge on any atom is 0.330 e. The average Bonchev–Trinajstić information content (AvgIpc) is 3.58. The summed E-state index contributed by atoms with van der Waals surface area (Å²) in [5.41, 5.74) is -1.28. The molecule has 41 heavy (non-hydrogen) atoms. The zero-order chi connectivity index (χ0) is 29.3. The Morgan fingerprint density at radius 2 is 1.73 bits per heavy atom. The molecule has 1 saturated heterocycles. The maximum atomic E-state index is 14.4. The lowest BCUT2D eigenvalue weighted by Crippen LogP contribution is -2.55. The largest absolute Gasteiger partial charge is 0.479 e. The number of halogens is 1. The lowest BCUT2D eigenvalue weighted by molar-refractivity contribution is -0.385. The Balaban J connectivity index is 1.78. The fourth-order valence-electron chi connectivity index (χ4n) is 5.64. The van der Waals surface area contributed by atoms with Gasteiger partial charge in [0.15, 0.2) is 5.78 Å². The third-order valence-electron chi connectivity index (χ3n) is 7.44. The number of urea groups is 1. The molecular weight excluding hydrogens is 566 g/mol. The molecule has 1 aromatic heterocycles. The van der Waals surface area contributed by atoms with Gasteiger partial charge in [0.2, 0.25) is 0 Å². The minimum absolute atomic E-state index is 0.234. The highest BCUT2D eigenvalue weighted by Gasteiger charge is 2.65. The molecule has 2 heterocycles. The number of benzene rings is 3. The number of hydrogen-bond acceptors (Lipinski definition) is 6. The molecule has 1 aliphatic heterocycles. The number of ketones is 1. The standard InChI is InChI=1S/C30H24ClN3O6S/c1-30(28(36)37)25(23-14-7-15-41-23)24(27(35)19-9-5-10-20(31)16-19)26(18-8-6-13-22(17-18)34(39)40)33(30)29(38)32-21-11-3-2-4-12-21/h2-17,24-26H,1H3,(H,32,38)(H,36,37). The number of non-ortho nitro benzene ring substituents is 1. The molecule has 0 aliphatic carbocycles. The number of carboxylic acids is 1. The number of likely N-dealkylation sites (tertiary alicyclic amines) is 1. The maximum absolute atomic E-state index is 14.4. The Bertz CT molecular complexity index is 1630. The van der Waals surface area contributed by atoms with Gasteiger partial charge >= 0.3 is 12.0 Å². The van der Waals surface area contributed by atoms with E-state index >= 15 is 0 Å². The first-order chi connectivity index (χ1) is 19.6. The number of hydrogen-bond donors (Lipinski definition) is 2. The minimum atomic E-state index is -1.93. The predicted octanol–water partition coefficient (Wildman–Crippen LogP) is 7.02. The SMILES string of the molecule is CC1(C(=O)O)C(c2cccs2)C(C(=O)c2cccc(Cl)c2)C(c2cccc([N+](=O)[O-])c2)N1C(=O)Nc1ccccc1. The van der Waals surface area contributed by atoms with Crippen LogP contribution in [0, 0.1) is 16.0 Å². The molecule has 3 aromatic carbocycles. The van der Waals surface area contributed by atoms with Crippen LogP contribution < -0.4 is 5.32 Å². The topological polar surface area (TPSA) is 130 Å². The molecule has 9 nitrogen and oxygen atoms in total. The van der Waals surface area contributed by atoms with Crippen molar-refractivity contribution in [1.82, 2.24) is 4.90 Å². The van der Waals surface area contributed by atoms with Gasteiger partial charge < -0.3 is 10.4 Å². The summed E-state index contributed by atoms with van der Waals surface area (Å²) in [5.74, 6) is -3.89. The van der Waals surface area contributed by atoms with Crippen molar-refractivity contribution in [1.29, 1.82) is 0 Å². The third-order valence-corrected chi connectivity index (χ3v) is 8.63.